The van der Waals surface area contributed by atoms with Crippen molar-refractivity contribution in [3.8, 4) is 16.5 Å². The molecule has 0 saturated heterocycles. The molecule has 2 aromatic heterocycles. The van der Waals surface area contributed by atoms with Crippen molar-refractivity contribution < 1.29 is 18.7 Å². The first kappa shape index (κ1) is 18.7. The highest BCUT2D eigenvalue weighted by molar-refractivity contribution is 7.13. The number of hydrogen-bond donors (Lipinski definition) is 2. The molecule has 27 heavy (non-hydrogen) atoms. The van der Waals surface area contributed by atoms with E-state index in [1.54, 1.807) is 24.3 Å². The number of ether oxygens (including phenoxy) is 1. The van der Waals surface area contributed by atoms with E-state index >= 15 is 0 Å². The van der Waals surface area contributed by atoms with E-state index in [0.29, 0.717) is 29.6 Å². The molecule has 0 aliphatic rings. The van der Waals surface area contributed by atoms with Crippen LogP contribution in [-0.2, 0) is 11.2 Å². The van der Waals surface area contributed by atoms with Gasteiger partial charge in [0.15, 0.2) is 0 Å². The zero-order chi connectivity index (χ0) is 19.1. The number of anilines is 1. The van der Waals surface area contributed by atoms with Crippen LogP contribution in [0.5, 0.6) is 5.75 Å². The predicted molar refractivity (Wildman–Crippen MR) is 103 cm³/mol. The van der Waals surface area contributed by atoms with Crippen LogP contribution >= 0.6 is 11.3 Å². The molecule has 2 N–H and O–H groups in total. The van der Waals surface area contributed by atoms with Crippen LogP contribution in [0.1, 0.15) is 19.0 Å². The van der Waals surface area contributed by atoms with Gasteiger partial charge >= 0.3 is 12.0 Å². The lowest BCUT2D eigenvalue weighted by Crippen LogP contribution is -2.29. The van der Waals surface area contributed by atoms with Gasteiger partial charge in [-0.25, -0.2) is 9.78 Å². The first-order valence-electron chi connectivity index (χ1n) is 8.48. The first-order valence-corrected chi connectivity index (χ1v) is 9.36. The molecular formula is C19H19N3O4S. The summed E-state index contributed by atoms with van der Waals surface area (Å²) in [6.07, 6.45) is 2.29. The van der Waals surface area contributed by atoms with Crippen molar-refractivity contribution in [2.45, 2.75) is 19.8 Å². The fourth-order valence-electron chi connectivity index (χ4n) is 2.27. The molecule has 8 heteroatoms. The Bertz CT molecular complexity index is 905. The Morgan fingerprint density at radius 2 is 2.15 bits per heavy atom. The van der Waals surface area contributed by atoms with Crippen molar-refractivity contribution in [3.63, 3.8) is 0 Å². The number of rotatable bonds is 7. The third kappa shape index (κ3) is 5.42. The molecule has 1 aromatic carbocycles. The lowest BCUT2D eigenvalue weighted by Gasteiger charge is -2.08. The normalized spacial score (nSPS) is 10.4. The molecule has 3 rings (SSSR count). The third-order valence-corrected chi connectivity index (χ3v) is 4.33. The SMILES string of the molecule is CCCNC(=O)Nc1cccc(OC(=O)Cc2coc(-c3cccs3)n2)c1. The number of aromatic nitrogens is 1. The predicted octanol–water partition coefficient (Wildman–Crippen LogP) is 4.08. The number of nitrogens with zero attached hydrogens (tertiary/aromatic N) is 1. The van der Waals surface area contributed by atoms with Gasteiger partial charge in [-0.05, 0) is 30.0 Å². The number of carbonyl (C=O) groups is 2. The largest absolute Gasteiger partial charge is 0.444 e. The quantitative estimate of drug-likeness (QED) is 0.472. The van der Waals surface area contributed by atoms with Gasteiger partial charge in [-0.3, -0.25) is 4.79 Å². The number of amides is 2. The summed E-state index contributed by atoms with van der Waals surface area (Å²) in [5, 5.41) is 7.33. The Labute approximate surface area is 160 Å². The van der Waals surface area contributed by atoms with Crippen LogP contribution in [0.3, 0.4) is 0 Å². The molecule has 0 atom stereocenters. The summed E-state index contributed by atoms with van der Waals surface area (Å²) in [7, 11) is 0. The minimum atomic E-state index is -0.464. The van der Waals surface area contributed by atoms with E-state index in [9.17, 15) is 9.59 Å². The monoisotopic (exact) mass is 385 g/mol. The molecule has 0 radical (unpaired) electrons. The number of urea groups is 1. The van der Waals surface area contributed by atoms with Crippen molar-refractivity contribution >= 4 is 29.0 Å². The molecule has 0 fully saturated rings. The van der Waals surface area contributed by atoms with Crippen molar-refractivity contribution in [1.29, 1.82) is 0 Å². The molecule has 2 heterocycles. The second-order valence-electron chi connectivity index (χ2n) is 5.68. The van der Waals surface area contributed by atoms with Gasteiger partial charge in [0.2, 0.25) is 5.89 Å². The second kappa shape index (κ2) is 9.00. The Morgan fingerprint density at radius 3 is 2.93 bits per heavy atom. The van der Waals surface area contributed by atoms with Crippen molar-refractivity contribution in [2.24, 2.45) is 0 Å². The molecule has 3 aromatic rings. The van der Waals surface area contributed by atoms with Gasteiger partial charge in [0.05, 0.1) is 17.0 Å². The van der Waals surface area contributed by atoms with Crippen molar-refractivity contribution in [1.82, 2.24) is 10.3 Å². The minimum absolute atomic E-state index is 0.0104. The molecule has 2 amide bonds. The van der Waals surface area contributed by atoms with E-state index in [4.69, 9.17) is 9.15 Å². The number of carbonyl (C=O) groups excluding carboxylic acids is 2. The van der Waals surface area contributed by atoms with E-state index in [0.717, 1.165) is 11.3 Å². The number of thiophene rings is 1. The number of nitrogens with one attached hydrogen (secondary N) is 2. The summed E-state index contributed by atoms with van der Waals surface area (Å²) in [4.78, 5) is 29.0. The number of esters is 1. The zero-order valence-electron chi connectivity index (χ0n) is 14.7. The highest BCUT2D eigenvalue weighted by Crippen LogP contribution is 2.24. The maximum Gasteiger partial charge on any atom is 0.319 e. The fraction of sp³-hybridized carbons (Fsp3) is 0.211. The number of hydrogen-bond acceptors (Lipinski definition) is 6. The Kier molecular flexibility index (Phi) is 6.22. The van der Waals surface area contributed by atoms with E-state index in [1.165, 1.54) is 17.6 Å². The summed E-state index contributed by atoms with van der Waals surface area (Å²) in [6, 6.07) is 10.1. The molecule has 140 valence electrons. The van der Waals surface area contributed by atoms with Gasteiger partial charge < -0.3 is 19.8 Å². The van der Waals surface area contributed by atoms with E-state index < -0.39 is 5.97 Å². The average molecular weight is 385 g/mol. The minimum Gasteiger partial charge on any atom is -0.444 e. The first-order chi connectivity index (χ1) is 13.1. The molecule has 0 spiro atoms. The van der Waals surface area contributed by atoms with Crippen LogP contribution < -0.4 is 15.4 Å². The number of oxazole rings is 1. The molecule has 0 saturated carbocycles. The Balaban J connectivity index is 1.56. The fourth-order valence-corrected chi connectivity index (χ4v) is 2.92. The van der Waals surface area contributed by atoms with E-state index in [1.807, 2.05) is 24.4 Å². The smallest absolute Gasteiger partial charge is 0.319 e. The van der Waals surface area contributed by atoms with E-state index in [2.05, 4.69) is 15.6 Å². The van der Waals surface area contributed by atoms with Crippen LogP contribution in [0.25, 0.3) is 10.8 Å². The molecule has 7 nitrogen and oxygen atoms in total. The third-order valence-electron chi connectivity index (χ3n) is 3.47. The maximum absolute atomic E-state index is 12.2. The van der Waals surface area contributed by atoms with Gasteiger partial charge in [0, 0.05) is 18.3 Å². The lowest BCUT2D eigenvalue weighted by molar-refractivity contribution is -0.133. The Hall–Kier alpha value is -3.13. The highest BCUT2D eigenvalue weighted by atomic mass is 32.1. The molecule has 0 bridgehead atoms. The van der Waals surface area contributed by atoms with Crippen LogP contribution in [-0.4, -0.2) is 23.5 Å². The van der Waals surface area contributed by atoms with Crippen molar-refractivity contribution in [3.05, 3.63) is 53.7 Å². The summed E-state index contributed by atoms with van der Waals surface area (Å²) >= 11 is 1.51. The van der Waals surface area contributed by atoms with Crippen LogP contribution in [0.4, 0.5) is 10.5 Å². The van der Waals surface area contributed by atoms with Gasteiger partial charge in [0.25, 0.3) is 0 Å². The van der Waals surface area contributed by atoms with Gasteiger partial charge in [0.1, 0.15) is 12.0 Å². The number of benzene rings is 1. The summed E-state index contributed by atoms with van der Waals surface area (Å²) in [5.41, 5.74) is 1.03. The molecule has 0 aliphatic carbocycles. The molecule has 0 aliphatic heterocycles. The second-order valence-corrected chi connectivity index (χ2v) is 6.63. The standard InChI is InChI=1S/C19H19N3O4S/c1-2-8-20-19(24)22-13-5-3-6-15(10-13)26-17(23)11-14-12-25-18(21-14)16-7-4-9-27-16/h3-7,9-10,12H,2,8,11H2,1H3,(H2,20,22,24). The topological polar surface area (TPSA) is 93.5 Å². The van der Waals surface area contributed by atoms with Crippen LogP contribution in [0.2, 0.25) is 0 Å². The van der Waals surface area contributed by atoms with Crippen LogP contribution in [0, 0.1) is 0 Å². The zero-order valence-corrected chi connectivity index (χ0v) is 15.5. The maximum atomic E-state index is 12.2. The summed E-state index contributed by atoms with van der Waals surface area (Å²) in [5.74, 6) is 0.362. The Morgan fingerprint density at radius 1 is 1.26 bits per heavy atom. The molecular weight excluding hydrogens is 366 g/mol. The van der Waals surface area contributed by atoms with Gasteiger partial charge in [-0.2, -0.15) is 0 Å². The molecule has 0 unspecified atom stereocenters. The summed E-state index contributed by atoms with van der Waals surface area (Å²) in [6.45, 7) is 2.56. The van der Waals surface area contributed by atoms with Crippen LogP contribution in [0.15, 0.2) is 52.5 Å². The van der Waals surface area contributed by atoms with E-state index in [-0.39, 0.29) is 12.5 Å². The average Bonchev–Trinajstić information content (AvgIpc) is 3.31. The highest BCUT2D eigenvalue weighted by Gasteiger charge is 2.13. The summed E-state index contributed by atoms with van der Waals surface area (Å²) < 4.78 is 10.7. The van der Waals surface area contributed by atoms with Crippen molar-refractivity contribution in [2.75, 3.05) is 11.9 Å². The van der Waals surface area contributed by atoms with Gasteiger partial charge in [-0.15, -0.1) is 11.3 Å². The lowest BCUT2D eigenvalue weighted by atomic mass is 10.3. The van der Waals surface area contributed by atoms with Gasteiger partial charge in [-0.1, -0.05) is 19.1 Å².